The second kappa shape index (κ2) is 3.56. The fraction of sp³-hybridized carbons (Fsp3) is 0.400. The Labute approximate surface area is 82.8 Å². The quantitative estimate of drug-likeness (QED) is 0.609. The molecule has 2 heteroatoms. The second-order valence-electron chi connectivity index (χ2n) is 3.41. The zero-order valence-corrected chi connectivity index (χ0v) is 7.51. The number of para-hydroxylation sites is 1. The van der Waals surface area contributed by atoms with E-state index in [0.29, 0.717) is 0 Å². The molecular formula is C10H12LiN. The third-order valence-corrected chi connectivity index (χ3v) is 2.70. The summed E-state index contributed by atoms with van der Waals surface area (Å²) < 4.78 is 0. The molecule has 0 saturated heterocycles. The molecule has 0 aliphatic carbocycles. The molecule has 0 fully saturated rings. The van der Waals surface area contributed by atoms with Crippen molar-refractivity contribution in [3.63, 3.8) is 0 Å². The van der Waals surface area contributed by atoms with Gasteiger partial charge in [-0.1, -0.05) is 0 Å². The molecule has 12 heavy (non-hydrogen) atoms. The van der Waals surface area contributed by atoms with Crippen LogP contribution in [-0.4, -0.2) is 24.3 Å². The van der Waals surface area contributed by atoms with Crippen LogP contribution in [0.3, 0.4) is 0 Å². The predicted molar refractivity (Wildman–Crippen MR) is 52.9 cm³/mol. The number of benzene rings is 1. The van der Waals surface area contributed by atoms with Crippen LogP contribution in [0.15, 0.2) is 24.3 Å². The number of hydrogen-bond donors (Lipinski definition) is 1. The minimum atomic E-state index is 0.780. The first-order valence-electron chi connectivity index (χ1n) is 4.74. The topological polar surface area (TPSA) is 12.0 Å². The van der Waals surface area contributed by atoms with Crippen molar-refractivity contribution in [2.45, 2.75) is 17.4 Å². The van der Waals surface area contributed by atoms with Gasteiger partial charge < -0.3 is 0 Å². The van der Waals surface area contributed by atoms with Crippen LogP contribution in [0.25, 0.3) is 0 Å². The Kier molecular flexibility index (Phi) is 2.44. The first-order chi connectivity index (χ1) is 5.92. The summed E-state index contributed by atoms with van der Waals surface area (Å²) in [6, 6.07) is 8.66. The molecule has 1 unspecified atom stereocenters. The molecule has 0 radical (unpaired) electrons. The van der Waals surface area contributed by atoms with Crippen molar-refractivity contribution in [3.05, 3.63) is 29.8 Å². The molecule has 1 aromatic carbocycles. The summed E-state index contributed by atoms with van der Waals surface area (Å²) in [6.07, 6.45) is 1.29. The Hall–Kier alpha value is -0.383. The number of rotatable bonds is 1. The van der Waals surface area contributed by atoms with Crippen LogP contribution in [0.5, 0.6) is 0 Å². The van der Waals surface area contributed by atoms with E-state index in [1.54, 1.807) is 0 Å². The monoisotopic (exact) mass is 153 g/mol. The summed E-state index contributed by atoms with van der Waals surface area (Å²) >= 11 is 2.27. The average Bonchev–Trinajstić information content (AvgIpc) is 2.17. The molecule has 0 bridgehead atoms. The van der Waals surface area contributed by atoms with E-state index in [4.69, 9.17) is 0 Å². The molecule has 1 nitrogen and oxygen atoms in total. The Morgan fingerprint density at radius 2 is 2.25 bits per heavy atom. The summed E-state index contributed by atoms with van der Waals surface area (Å²) in [7, 11) is 0. The van der Waals surface area contributed by atoms with Crippen molar-refractivity contribution in [1.29, 1.82) is 0 Å². The van der Waals surface area contributed by atoms with E-state index < -0.39 is 0 Å². The number of hydrogen-bond acceptors (Lipinski definition) is 1. The normalized spacial score (nSPS) is 21.3. The van der Waals surface area contributed by atoms with Crippen LogP contribution in [-0.2, 0) is 0 Å². The van der Waals surface area contributed by atoms with Gasteiger partial charge in [0.1, 0.15) is 0 Å². The van der Waals surface area contributed by atoms with Gasteiger partial charge in [-0.25, -0.2) is 0 Å². The molecule has 1 aliphatic rings. The Morgan fingerprint density at radius 3 is 3.08 bits per heavy atom. The third kappa shape index (κ3) is 1.40. The van der Waals surface area contributed by atoms with E-state index in [1.165, 1.54) is 22.8 Å². The Balaban J connectivity index is 2.37. The maximum absolute atomic E-state index is 3.43. The van der Waals surface area contributed by atoms with Gasteiger partial charge in [-0.2, -0.15) is 0 Å². The van der Waals surface area contributed by atoms with Crippen LogP contribution >= 0.6 is 0 Å². The molecule has 0 amide bonds. The first kappa shape index (κ1) is 8.23. The van der Waals surface area contributed by atoms with Gasteiger partial charge in [-0.3, -0.25) is 0 Å². The van der Waals surface area contributed by atoms with Gasteiger partial charge in [-0.15, -0.1) is 0 Å². The third-order valence-electron chi connectivity index (χ3n) is 2.70. The van der Waals surface area contributed by atoms with Gasteiger partial charge in [0.05, 0.1) is 0 Å². The van der Waals surface area contributed by atoms with Crippen molar-refractivity contribution in [3.8, 4) is 0 Å². The molecule has 1 atom stereocenters. The predicted octanol–water partition coefficient (Wildman–Crippen LogP) is 2.17. The summed E-state index contributed by atoms with van der Waals surface area (Å²) in [5, 5.41) is 4.69. The molecule has 1 aromatic rings. The number of anilines is 1. The van der Waals surface area contributed by atoms with Crippen molar-refractivity contribution >= 4 is 23.4 Å². The zero-order chi connectivity index (χ0) is 8.39. The summed E-state index contributed by atoms with van der Waals surface area (Å²) in [6.45, 7) is 1.13. The van der Waals surface area contributed by atoms with E-state index in [0.717, 1.165) is 12.5 Å². The molecule has 2 rings (SSSR count). The van der Waals surface area contributed by atoms with E-state index in [-0.39, 0.29) is 0 Å². The average molecular weight is 153 g/mol. The Bertz CT molecular complexity index is 272. The minimum absolute atomic E-state index is 0.780. The van der Waals surface area contributed by atoms with Crippen LogP contribution in [0.1, 0.15) is 17.9 Å². The molecule has 1 heterocycles. The molecule has 0 saturated carbocycles. The van der Waals surface area contributed by atoms with Crippen molar-refractivity contribution in [2.24, 2.45) is 0 Å². The van der Waals surface area contributed by atoms with Gasteiger partial charge >= 0.3 is 82.5 Å². The number of nitrogens with one attached hydrogen (secondary N) is 1. The van der Waals surface area contributed by atoms with Gasteiger partial charge in [-0.05, 0) is 0 Å². The van der Waals surface area contributed by atoms with Crippen molar-refractivity contribution in [2.75, 3.05) is 11.9 Å². The fourth-order valence-corrected chi connectivity index (χ4v) is 1.97. The van der Waals surface area contributed by atoms with Gasteiger partial charge in [0.25, 0.3) is 0 Å². The van der Waals surface area contributed by atoms with E-state index in [9.17, 15) is 0 Å². The van der Waals surface area contributed by atoms with Crippen molar-refractivity contribution < 1.29 is 0 Å². The SMILES string of the molecule is [Li][CH2]C1CCNc2ccccc21. The summed E-state index contributed by atoms with van der Waals surface area (Å²) in [4.78, 5) is 0. The molecule has 58 valence electrons. The van der Waals surface area contributed by atoms with Gasteiger partial charge in [0.15, 0.2) is 0 Å². The standard InChI is InChI=1S/C10H12N.Li/c1-8-6-7-11-10-5-3-2-4-9(8)10;/h2-5,8,11H,1,6-7H2;. The molecule has 0 spiro atoms. The number of fused-ring (bicyclic) bond motifs is 1. The van der Waals surface area contributed by atoms with Crippen LogP contribution in [0.4, 0.5) is 5.69 Å². The van der Waals surface area contributed by atoms with Crippen LogP contribution in [0.2, 0.25) is 5.09 Å². The molecule has 1 aliphatic heterocycles. The first-order valence-corrected chi connectivity index (χ1v) is 4.74. The van der Waals surface area contributed by atoms with Gasteiger partial charge in [0, 0.05) is 0 Å². The summed E-state index contributed by atoms with van der Waals surface area (Å²) in [5.41, 5.74) is 2.85. The fourth-order valence-electron chi connectivity index (χ4n) is 1.97. The van der Waals surface area contributed by atoms with E-state index >= 15 is 0 Å². The molecular weight excluding hydrogens is 141 g/mol. The Morgan fingerprint density at radius 1 is 1.42 bits per heavy atom. The maximum atomic E-state index is 3.43. The second-order valence-corrected chi connectivity index (χ2v) is 3.41. The van der Waals surface area contributed by atoms with Crippen LogP contribution in [0, 0.1) is 0 Å². The molecule has 0 aromatic heterocycles. The molecule has 1 N–H and O–H groups in total. The van der Waals surface area contributed by atoms with Crippen LogP contribution < -0.4 is 5.32 Å². The summed E-state index contributed by atoms with van der Waals surface area (Å²) in [5.74, 6) is 0.780. The zero-order valence-electron chi connectivity index (χ0n) is 7.51. The van der Waals surface area contributed by atoms with E-state index in [1.807, 2.05) is 0 Å². The van der Waals surface area contributed by atoms with E-state index in [2.05, 4.69) is 47.3 Å². The van der Waals surface area contributed by atoms with Crippen molar-refractivity contribution in [1.82, 2.24) is 0 Å². The van der Waals surface area contributed by atoms with Gasteiger partial charge in [0.2, 0.25) is 0 Å².